The van der Waals surface area contributed by atoms with Crippen molar-refractivity contribution in [2.45, 2.75) is 13.3 Å². The summed E-state index contributed by atoms with van der Waals surface area (Å²) in [5.41, 5.74) is 3.13. The summed E-state index contributed by atoms with van der Waals surface area (Å²) in [7, 11) is 1.72. The molecule has 0 atom stereocenters. The molecule has 156 valence electrons. The van der Waals surface area contributed by atoms with Gasteiger partial charge in [0, 0.05) is 23.7 Å². The molecule has 0 saturated carbocycles. The van der Waals surface area contributed by atoms with Crippen molar-refractivity contribution in [3.63, 3.8) is 0 Å². The minimum absolute atomic E-state index is 0.102. The standard InChI is InChI=1S/C24H20N2O3S2/c1-16-5-7-17(8-6-16)24(28)26(2)19-9-11-20(12-10-19)29-22(27)14-18-15-31-23(25-18)21-4-3-13-30-21/h3-13,15H,14H2,1-2H3. The van der Waals surface area contributed by atoms with Gasteiger partial charge in [-0.25, -0.2) is 4.98 Å². The van der Waals surface area contributed by atoms with Crippen LogP contribution in [0.5, 0.6) is 5.75 Å². The van der Waals surface area contributed by atoms with Gasteiger partial charge in [-0.05, 0) is 54.8 Å². The Balaban J connectivity index is 1.36. The summed E-state index contributed by atoms with van der Waals surface area (Å²) in [5, 5.41) is 4.79. The second-order valence-electron chi connectivity index (χ2n) is 7.00. The van der Waals surface area contributed by atoms with E-state index < -0.39 is 0 Å². The Kier molecular flexibility index (Phi) is 6.25. The van der Waals surface area contributed by atoms with Crippen molar-refractivity contribution in [3.8, 4) is 15.6 Å². The molecule has 31 heavy (non-hydrogen) atoms. The Morgan fingerprint density at radius 3 is 2.42 bits per heavy atom. The highest BCUT2D eigenvalue weighted by Gasteiger charge is 2.15. The molecule has 2 aromatic heterocycles. The molecule has 4 rings (SSSR count). The number of anilines is 1. The minimum atomic E-state index is -0.375. The molecule has 5 nitrogen and oxygen atoms in total. The van der Waals surface area contributed by atoms with Crippen LogP contribution in [-0.4, -0.2) is 23.9 Å². The summed E-state index contributed by atoms with van der Waals surface area (Å²) in [6.07, 6.45) is 0.107. The Hall–Kier alpha value is -3.29. The summed E-state index contributed by atoms with van der Waals surface area (Å²) in [6, 6.07) is 18.3. The first-order chi connectivity index (χ1) is 15.0. The van der Waals surface area contributed by atoms with Crippen LogP contribution in [0.15, 0.2) is 71.4 Å². The number of thiophene rings is 1. The molecule has 2 heterocycles. The van der Waals surface area contributed by atoms with Gasteiger partial charge in [0.2, 0.25) is 0 Å². The van der Waals surface area contributed by atoms with Gasteiger partial charge in [-0.3, -0.25) is 9.59 Å². The maximum absolute atomic E-state index is 12.6. The van der Waals surface area contributed by atoms with Crippen LogP contribution in [0.2, 0.25) is 0 Å². The van der Waals surface area contributed by atoms with Crippen LogP contribution in [0.25, 0.3) is 9.88 Å². The molecule has 4 aromatic rings. The second-order valence-corrected chi connectivity index (χ2v) is 8.80. The third kappa shape index (κ3) is 5.07. The van der Waals surface area contributed by atoms with Gasteiger partial charge < -0.3 is 9.64 Å². The molecule has 0 unspecified atom stereocenters. The van der Waals surface area contributed by atoms with Crippen LogP contribution >= 0.6 is 22.7 Å². The third-order valence-electron chi connectivity index (χ3n) is 4.67. The molecule has 0 radical (unpaired) electrons. The topological polar surface area (TPSA) is 59.5 Å². The monoisotopic (exact) mass is 448 g/mol. The maximum Gasteiger partial charge on any atom is 0.317 e. The number of ether oxygens (including phenoxy) is 1. The first-order valence-corrected chi connectivity index (χ1v) is 11.4. The van der Waals surface area contributed by atoms with Gasteiger partial charge in [-0.1, -0.05) is 23.8 Å². The molecular formula is C24H20N2O3S2. The average molecular weight is 449 g/mol. The summed E-state index contributed by atoms with van der Waals surface area (Å²) in [6.45, 7) is 1.98. The van der Waals surface area contributed by atoms with Crippen LogP contribution in [0.1, 0.15) is 21.6 Å². The van der Waals surface area contributed by atoms with E-state index in [4.69, 9.17) is 4.74 Å². The van der Waals surface area contributed by atoms with E-state index in [9.17, 15) is 9.59 Å². The summed E-state index contributed by atoms with van der Waals surface area (Å²) in [5.74, 6) is -0.0478. The number of carbonyl (C=O) groups is 2. The van der Waals surface area contributed by atoms with Crippen molar-refractivity contribution in [3.05, 3.63) is 88.2 Å². The first-order valence-electron chi connectivity index (χ1n) is 9.63. The van der Waals surface area contributed by atoms with Crippen LogP contribution in [0.4, 0.5) is 5.69 Å². The number of thiazole rings is 1. The van der Waals surface area contributed by atoms with Gasteiger partial charge in [0.1, 0.15) is 10.8 Å². The molecule has 0 saturated heterocycles. The highest BCUT2D eigenvalue weighted by Crippen LogP contribution is 2.28. The Labute approximate surface area is 188 Å². The molecule has 7 heteroatoms. The van der Waals surface area contributed by atoms with Crippen molar-refractivity contribution in [1.29, 1.82) is 0 Å². The van der Waals surface area contributed by atoms with Crippen molar-refractivity contribution in [2.24, 2.45) is 0 Å². The number of amides is 1. The molecule has 0 aliphatic heterocycles. The number of nitrogens with zero attached hydrogens (tertiary/aromatic N) is 2. The van der Waals surface area contributed by atoms with Gasteiger partial charge in [0.15, 0.2) is 0 Å². The number of aryl methyl sites for hydroxylation is 1. The fourth-order valence-corrected chi connectivity index (χ4v) is 4.60. The molecule has 1 amide bonds. The summed E-state index contributed by atoms with van der Waals surface area (Å²) in [4.78, 5) is 32.1. The third-order valence-corrected chi connectivity index (χ3v) is 6.60. The molecule has 0 spiro atoms. The summed E-state index contributed by atoms with van der Waals surface area (Å²) >= 11 is 3.14. The Bertz CT molecular complexity index is 1180. The zero-order valence-electron chi connectivity index (χ0n) is 17.1. The molecule has 2 aromatic carbocycles. The highest BCUT2D eigenvalue weighted by molar-refractivity contribution is 7.20. The van der Waals surface area contributed by atoms with Gasteiger partial charge >= 0.3 is 5.97 Å². The zero-order chi connectivity index (χ0) is 21.8. The largest absolute Gasteiger partial charge is 0.426 e. The lowest BCUT2D eigenvalue weighted by molar-refractivity contribution is -0.133. The smallest absolute Gasteiger partial charge is 0.317 e. The van der Waals surface area contributed by atoms with Crippen LogP contribution in [0.3, 0.4) is 0 Å². The summed E-state index contributed by atoms with van der Waals surface area (Å²) < 4.78 is 5.44. The fraction of sp³-hybridized carbons (Fsp3) is 0.125. The number of carbonyl (C=O) groups excluding carboxylic acids is 2. The van der Waals surface area contributed by atoms with Crippen LogP contribution in [0, 0.1) is 6.92 Å². The zero-order valence-corrected chi connectivity index (χ0v) is 18.7. The molecule has 0 fully saturated rings. The van der Waals surface area contributed by atoms with E-state index in [1.54, 1.807) is 47.5 Å². The Morgan fingerprint density at radius 1 is 1.00 bits per heavy atom. The van der Waals surface area contributed by atoms with Crippen LogP contribution in [-0.2, 0) is 11.2 Å². The van der Waals surface area contributed by atoms with Crippen molar-refractivity contribution in [2.75, 3.05) is 11.9 Å². The number of rotatable bonds is 6. The van der Waals surface area contributed by atoms with E-state index in [0.717, 1.165) is 15.4 Å². The normalized spacial score (nSPS) is 10.6. The van der Waals surface area contributed by atoms with Gasteiger partial charge in [-0.15, -0.1) is 22.7 Å². The van der Waals surface area contributed by atoms with Crippen LogP contribution < -0.4 is 9.64 Å². The number of aromatic nitrogens is 1. The van der Waals surface area contributed by atoms with E-state index in [2.05, 4.69) is 4.98 Å². The SMILES string of the molecule is Cc1ccc(C(=O)N(C)c2ccc(OC(=O)Cc3csc(-c4cccs4)n3)cc2)cc1. The molecule has 0 aliphatic carbocycles. The van der Waals surface area contributed by atoms with E-state index in [-0.39, 0.29) is 18.3 Å². The second kappa shape index (κ2) is 9.24. The lowest BCUT2D eigenvalue weighted by Gasteiger charge is -2.18. The lowest BCUT2D eigenvalue weighted by Crippen LogP contribution is -2.26. The van der Waals surface area contributed by atoms with Gasteiger partial charge in [0.25, 0.3) is 5.91 Å². The van der Waals surface area contributed by atoms with Gasteiger partial charge in [0.05, 0.1) is 17.0 Å². The minimum Gasteiger partial charge on any atom is -0.426 e. The Morgan fingerprint density at radius 2 is 1.74 bits per heavy atom. The first kappa shape index (κ1) is 21.0. The van der Waals surface area contributed by atoms with E-state index in [1.807, 2.05) is 54.1 Å². The molecule has 0 aliphatic rings. The highest BCUT2D eigenvalue weighted by atomic mass is 32.1. The van der Waals surface area contributed by atoms with Crippen molar-refractivity contribution in [1.82, 2.24) is 4.98 Å². The number of hydrogen-bond acceptors (Lipinski definition) is 6. The number of esters is 1. The fourth-order valence-electron chi connectivity index (χ4n) is 2.96. The molecule has 0 bridgehead atoms. The molecular weight excluding hydrogens is 428 g/mol. The van der Waals surface area contributed by atoms with E-state index in [0.29, 0.717) is 22.7 Å². The average Bonchev–Trinajstić information content (AvgIpc) is 3.46. The quantitative estimate of drug-likeness (QED) is 0.284. The number of hydrogen-bond donors (Lipinski definition) is 0. The van der Waals surface area contributed by atoms with E-state index >= 15 is 0 Å². The number of benzene rings is 2. The maximum atomic E-state index is 12.6. The van der Waals surface area contributed by atoms with Crippen molar-refractivity contribution < 1.29 is 14.3 Å². The predicted octanol–water partition coefficient (Wildman–Crippen LogP) is 5.60. The van der Waals surface area contributed by atoms with Crippen molar-refractivity contribution >= 4 is 40.2 Å². The predicted molar refractivity (Wildman–Crippen MR) is 125 cm³/mol. The van der Waals surface area contributed by atoms with E-state index in [1.165, 1.54) is 11.3 Å². The van der Waals surface area contributed by atoms with Gasteiger partial charge in [-0.2, -0.15) is 0 Å². The lowest BCUT2D eigenvalue weighted by atomic mass is 10.1. The molecule has 0 N–H and O–H groups in total.